The van der Waals surface area contributed by atoms with Crippen LogP contribution < -0.4 is 5.32 Å². The monoisotopic (exact) mass is 183 g/mol. The molecule has 1 N–H and O–H groups in total. The largest absolute Gasteiger partial charge is 0.350 e. The lowest BCUT2D eigenvalue weighted by Crippen LogP contribution is -2.41. The molecule has 1 fully saturated rings. The van der Waals surface area contributed by atoms with Crippen LogP contribution in [0.25, 0.3) is 0 Å². The Morgan fingerprint density at radius 2 is 1.85 bits per heavy atom. The normalized spacial score (nSPS) is 19.2. The van der Waals surface area contributed by atoms with Gasteiger partial charge in [0.15, 0.2) is 0 Å². The summed E-state index contributed by atoms with van der Waals surface area (Å²) >= 11 is 0. The second-order valence-corrected chi connectivity index (χ2v) is 4.96. The van der Waals surface area contributed by atoms with Gasteiger partial charge in [-0.2, -0.15) is 0 Å². The molecular formula is C11H21NO. The first kappa shape index (κ1) is 10.6. The molecule has 0 aromatic carbocycles. The van der Waals surface area contributed by atoms with E-state index in [-0.39, 0.29) is 11.4 Å². The smallest absolute Gasteiger partial charge is 0.220 e. The van der Waals surface area contributed by atoms with Gasteiger partial charge in [0.25, 0.3) is 0 Å². The highest BCUT2D eigenvalue weighted by molar-refractivity contribution is 5.77. The molecule has 1 rings (SSSR count). The van der Waals surface area contributed by atoms with E-state index in [1.165, 1.54) is 0 Å². The van der Waals surface area contributed by atoms with Gasteiger partial charge in [-0.15, -0.1) is 0 Å². The fraction of sp³-hybridized carbons (Fsp3) is 0.909. The summed E-state index contributed by atoms with van der Waals surface area (Å²) in [6.07, 6.45) is 2.98. The van der Waals surface area contributed by atoms with Gasteiger partial charge in [-0.1, -0.05) is 27.7 Å². The number of nitrogens with one attached hydrogen (secondary N) is 1. The van der Waals surface area contributed by atoms with E-state index in [2.05, 4.69) is 33.0 Å². The molecule has 0 aromatic rings. The lowest BCUT2D eigenvalue weighted by atomic mass is 10.0. The average molecular weight is 183 g/mol. The van der Waals surface area contributed by atoms with Crippen LogP contribution in [-0.4, -0.2) is 11.4 Å². The summed E-state index contributed by atoms with van der Waals surface area (Å²) in [6.45, 7) is 8.52. The molecule has 0 aliphatic heterocycles. The van der Waals surface area contributed by atoms with E-state index in [9.17, 15) is 4.79 Å². The quantitative estimate of drug-likeness (QED) is 0.712. The summed E-state index contributed by atoms with van der Waals surface area (Å²) < 4.78 is 0. The van der Waals surface area contributed by atoms with Gasteiger partial charge in [-0.05, 0) is 24.7 Å². The maximum Gasteiger partial charge on any atom is 0.220 e. The minimum Gasteiger partial charge on any atom is -0.350 e. The maximum atomic E-state index is 11.5. The van der Waals surface area contributed by atoms with E-state index in [1.807, 2.05) is 0 Å². The van der Waals surface area contributed by atoms with Crippen LogP contribution in [-0.2, 0) is 4.79 Å². The first-order valence-electron chi connectivity index (χ1n) is 5.27. The van der Waals surface area contributed by atoms with E-state index in [1.54, 1.807) is 0 Å². The number of carbonyl (C=O) groups is 1. The molecule has 1 amide bonds. The lowest BCUT2D eigenvalue weighted by molar-refractivity contribution is -0.123. The number of amides is 1. The van der Waals surface area contributed by atoms with Crippen molar-refractivity contribution in [1.29, 1.82) is 0 Å². The molecule has 0 radical (unpaired) electrons. The Bertz CT molecular complexity index is 192. The van der Waals surface area contributed by atoms with E-state index in [4.69, 9.17) is 0 Å². The molecular weight excluding hydrogens is 162 g/mol. The SMILES string of the molecule is CC(C)CC(=O)NC1(C(C)C)CC1. The Kier molecular flexibility index (Phi) is 2.99. The molecule has 0 spiro atoms. The zero-order valence-corrected chi connectivity index (χ0v) is 9.18. The molecule has 2 nitrogen and oxygen atoms in total. The van der Waals surface area contributed by atoms with Crippen LogP contribution in [0.5, 0.6) is 0 Å². The zero-order valence-electron chi connectivity index (χ0n) is 9.18. The fourth-order valence-corrected chi connectivity index (χ4v) is 1.68. The molecule has 0 atom stereocenters. The Hall–Kier alpha value is -0.530. The summed E-state index contributed by atoms with van der Waals surface area (Å²) in [7, 11) is 0. The van der Waals surface area contributed by atoms with Crippen molar-refractivity contribution in [2.75, 3.05) is 0 Å². The highest BCUT2D eigenvalue weighted by atomic mass is 16.1. The summed E-state index contributed by atoms with van der Waals surface area (Å²) in [5.41, 5.74) is 0.159. The molecule has 13 heavy (non-hydrogen) atoms. The van der Waals surface area contributed by atoms with Crippen molar-refractivity contribution in [3.8, 4) is 0 Å². The summed E-state index contributed by atoms with van der Waals surface area (Å²) in [4.78, 5) is 11.5. The van der Waals surface area contributed by atoms with Crippen LogP contribution in [0.2, 0.25) is 0 Å². The Labute approximate surface area is 81.1 Å². The van der Waals surface area contributed by atoms with Gasteiger partial charge >= 0.3 is 0 Å². The van der Waals surface area contributed by atoms with E-state index in [0.717, 1.165) is 12.8 Å². The highest BCUT2D eigenvalue weighted by Gasteiger charge is 2.46. The van der Waals surface area contributed by atoms with Crippen LogP contribution in [0.1, 0.15) is 47.0 Å². The van der Waals surface area contributed by atoms with Crippen molar-refractivity contribution < 1.29 is 4.79 Å². The van der Waals surface area contributed by atoms with Gasteiger partial charge < -0.3 is 5.32 Å². The van der Waals surface area contributed by atoms with Crippen molar-refractivity contribution in [3.05, 3.63) is 0 Å². The molecule has 0 bridgehead atoms. The number of carbonyl (C=O) groups excluding carboxylic acids is 1. The van der Waals surface area contributed by atoms with Gasteiger partial charge in [0.2, 0.25) is 5.91 Å². The predicted molar refractivity (Wildman–Crippen MR) is 54.4 cm³/mol. The number of rotatable bonds is 4. The van der Waals surface area contributed by atoms with E-state index < -0.39 is 0 Å². The third-order valence-corrected chi connectivity index (χ3v) is 2.88. The molecule has 0 saturated heterocycles. The van der Waals surface area contributed by atoms with Crippen molar-refractivity contribution in [2.45, 2.75) is 52.5 Å². The van der Waals surface area contributed by atoms with Crippen LogP contribution >= 0.6 is 0 Å². The molecule has 0 heterocycles. The second kappa shape index (κ2) is 3.69. The van der Waals surface area contributed by atoms with Crippen LogP contribution in [0.3, 0.4) is 0 Å². The fourth-order valence-electron chi connectivity index (χ4n) is 1.68. The maximum absolute atomic E-state index is 11.5. The van der Waals surface area contributed by atoms with Gasteiger partial charge in [-0.25, -0.2) is 0 Å². The van der Waals surface area contributed by atoms with Crippen LogP contribution in [0, 0.1) is 11.8 Å². The number of hydrogen-bond donors (Lipinski definition) is 1. The molecule has 1 saturated carbocycles. The second-order valence-electron chi connectivity index (χ2n) is 4.96. The topological polar surface area (TPSA) is 29.1 Å². The minimum absolute atomic E-state index is 0.159. The van der Waals surface area contributed by atoms with Gasteiger partial charge in [0.1, 0.15) is 0 Å². The van der Waals surface area contributed by atoms with Crippen molar-refractivity contribution in [1.82, 2.24) is 5.32 Å². The standard InChI is InChI=1S/C11H21NO/c1-8(2)7-10(13)12-11(5-6-11)9(3)4/h8-9H,5-7H2,1-4H3,(H,12,13). The Balaban J connectivity index is 2.36. The van der Waals surface area contributed by atoms with Crippen molar-refractivity contribution in [2.24, 2.45) is 11.8 Å². The summed E-state index contributed by atoms with van der Waals surface area (Å²) in [5, 5.41) is 3.16. The first-order chi connectivity index (χ1) is 5.96. The molecule has 1 aliphatic rings. The average Bonchev–Trinajstić information content (AvgIpc) is 2.66. The van der Waals surface area contributed by atoms with Gasteiger partial charge in [0.05, 0.1) is 0 Å². The number of hydrogen-bond acceptors (Lipinski definition) is 1. The molecule has 1 aliphatic carbocycles. The summed E-state index contributed by atoms with van der Waals surface area (Å²) in [5.74, 6) is 1.26. The highest BCUT2D eigenvalue weighted by Crippen LogP contribution is 2.42. The van der Waals surface area contributed by atoms with Gasteiger partial charge in [0, 0.05) is 12.0 Å². The molecule has 2 heteroatoms. The molecule has 0 aromatic heterocycles. The Morgan fingerprint density at radius 1 is 1.31 bits per heavy atom. The lowest BCUT2D eigenvalue weighted by Gasteiger charge is -2.21. The van der Waals surface area contributed by atoms with Crippen LogP contribution in [0.15, 0.2) is 0 Å². The van der Waals surface area contributed by atoms with E-state index >= 15 is 0 Å². The zero-order chi connectivity index (χ0) is 10.1. The predicted octanol–water partition coefficient (Wildman–Crippen LogP) is 2.34. The van der Waals surface area contributed by atoms with Crippen molar-refractivity contribution in [3.63, 3.8) is 0 Å². The van der Waals surface area contributed by atoms with E-state index in [0.29, 0.717) is 18.3 Å². The van der Waals surface area contributed by atoms with Gasteiger partial charge in [-0.3, -0.25) is 4.79 Å². The van der Waals surface area contributed by atoms with Crippen LogP contribution in [0.4, 0.5) is 0 Å². The van der Waals surface area contributed by atoms with Crippen molar-refractivity contribution >= 4 is 5.91 Å². The third kappa shape index (κ3) is 2.71. The summed E-state index contributed by atoms with van der Waals surface area (Å²) in [6, 6.07) is 0. The minimum atomic E-state index is 0.159. The third-order valence-electron chi connectivity index (χ3n) is 2.88. The first-order valence-corrected chi connectivity index (χ1v) is 5.27. The molecule has 0 unspecified atom stereocenters. The molecule has 76 valence electrons. The Morgan fingerprint density at radius 3 is 2.15 bits per heavy atom.